The molecule has 0 bridgehead atoms. The van der Waals surface area contributed by atoms with E-state index in [1.165, 1.54) is 0 Å². The SMILES string of the molecule is Cc1ccc(C(=O)Oc2cc[c-]cc2C)cc1.Oc1cc[c-]cc1.[O]=[Co]. The molecule has 0 fully saturated rings. The van der Waals surface area contributed by atoms with Gasteiger partial charge in [0.25, 0.3) is 0 Å². The Morgan fingerprint density at radius 1 is 0.923 bits per heavy atom. The fourth-order valence-electron chi connectivity index (χ4n) is 1.84. The number of hydrogen-bond donors (Lipinski definition) is 1. The van der Waals surface area contributed by atoms with Gasteiger partial charge in [-0.15, -0.1) is 23.8 Å². The minimum atomic E-state index is -0.334. The summed E-state index contributed by atoms with van der Waals surface area (Å²) in [5.41, 5.74) is 2.57. The molecule has 0 unspecified atom stereocenters. The number of hydrogen-bond acceptors (Lipinski definition) is 4. The molecular formula is C21H18CoO4-2. The first-order valence-electron chi connectivity index (χ1n) is 7.60. The number of phenols is 1. The Morgan fingerprint density at radius 2 is 1.50 bits per heavy atom. The Kier molecular flexibility index (Phi) is 9.60. The van der Waals surface area contributed by atoms with Gasteiger partial charge in [-0.1, -0.05) is 24.6 Å². The Bertz CT molecular complexity index is 802. The van der Waals surface area contributed by atoms with Crippen molar-refractivity contribution in [3.8, 4) is 11.5 Å². The summed E-state index contributed by atoms with van der Waals surface area (Å²) in [5, 5.41) is 8.61. The van der Waals surface area contributed by atoms with Gasteiger partial charge in [0, 0.05) is 11.5 Å². The van der Waals surface area contributed by atoms with E-state index in [4.69, 9.17) is 13.7 Å². The Labute approximate surface area is 161 Å². The van der Waals surface area contributed by atoms with Crippen molar-refractivity contribution in [2.24, 2.45) is 0 Å². The average Bonchev–Trinajstić information content (AvgIpc) is 2.67. The van der Waals surface area contributed by atoms with E-state index in [9.17, 15) is 4.79 Å². The summed E-state index contributed by atoms with van der Waals surface area (Å²) >= 11 is 2.31. The molecule has 3 aromatic rings. The van der Waals surface area contributed by atoms with Gasteiger partial charge in [-0.2, -0.15) is 36.4 Å². The van der Waals surface area contributed by atoms with E-state index < -0.39 is 0 Å². The van der Waals surface area contributed by atoms with Gasteiger partial charge in [-0.05, 0) is 19.1 Å². The predicted molar refractivity (Wildman–Crippen MR) is 93.8 cm³/mol. The minimum absolute atomic E-state index is 0.291. The zero-order valence-corrected chi connectivity index (χ0v) is 15.4. The molecule has 0 spiro atoms. The van der Waals surface area contributed by atoms with E-state index in [1.807, 2.05) is 26.0 Å². The third-order valence-electron chi connectivity index (χ3n) is 3.21. The molecule has 26 heavy (non-hydrogen) atoms. The van der Waals surface area contributed by atoms with Crippen LogP contribution in [0.2, 0.25) is 0 Å². The summed E-state index contributed by atoms with van der Waals surface area (Å²) in [4.78, 5) is 11.8. The summed E-state index contributed by atoms with van der Waals surface area (Å²) in [6.07, 6.45) is 0. The van der Waals surface area contributed by atoms with Crippen LogP contribution in [0, 0.1) is 26.0 Å². The van der Waals surface area contributed by atoms with Gasteiger partial charge in [0.1, 0.15) is 0 Å². The van der Waals surface area contributed by atoms with E-state index in [-0.39, 0.29) is 5.97 Å². The first-order chi connectivity index (χ1) is 12.6. The van der Waals surface area contributed by atoms with Crippen LogP contribution < -0.4 is 4.74 Å². The fraction of sp³-hybridized carbons (Fsp3) is 0.0952. The first-order valence-corrected chi connectivity index (χ1v) is 8.03. The molecule has 3 rings (SSSR count). The average molecular weight is 393 g/mol. The Morgan fingerprint density at radius 3 is 2.00 bits per heavy atom. The molecule has 0 heterocycles. The number of rotatable bonds is 2. The van der Waals surface area contributed by atoms with Gasteiger partial charge in [0.05, 0.1) is 5.56 Å². The van der Waals surface area contributed by atoms with Gasteiger partial charge < -0.3 is 9.84 Å². The van der Waals surface area contributed by atoms with E-state index in [1.54, 1.807) is 54.6 Å². The molecule has 0 saturated carbocycles. The van der Waals surface area contributed by atoms with Gasteiger partial charge >= 0.3 is 25.5 Å². The molecule has 5 heteroatoms. The summed E-state index contributed by atoms with van der Waals surface area (Å²) in [6.45, 7) is 3.86. The molecule has 0 aromatic heterocycles. The quantitative estimate of drug-likeness (QED) is 0.398. The molecule has 0 atom stereocenters. The Hall–Kier alpha value is -2.76. The van der Waals surface area contributed by atoms with E-state index >= 15 is 0 Å². The van der Waals surface area contributed by atoms with Crippen LogP contribution in [-0.2, 0) is 19.5 Å². The van der Waals surface area contributed by atoms with Crippen molar-refractivity contribution in [3.63, 3.8) is 0 Å². The van der Waals surface area contributed by atoms with Crippen molar-refractivity contribution in [2.75, 3.05) is 0 Å². The second kappa shape index (κ2) is 11.7. The van der Waals surface area contributed by atoms with Crippen LogP contribution in [0.1, 0.15) is 21.5 Å². The molecule has 3 aromatic carbocycles. The van der Waals surface area contributed by atoms with Crippen molar-refractivity contribution in [1.82, 2.24) is 0 Å². The second-order valence-electron chi connectivity index (χ2n) is 5.21. The van der Waals surface area contributed by atoms with Crippen molar-refractivity contribution in [2.45, 2.75) is 13.8 Å². The van der Waals surface area contributed by atoms with Gasteiger partial charge in [0.2, 0.25) is 0 Å². The summed E-state index contributed by atoms with van der Waals surface area (Å²) < 4.78 is 13.2. The molecule has 0 aliphatic carbocycles. The molecule has 0 saturated heterocycles. The maximum absolute atomic E-state index is 11.8. The maximum atomic E-state index is 11.8. The molecule has 0 aliphatic rings. The summed E-state index contributed by atoms with van der Waals surface area (Å²) in [6, 6.07) is 24.8. The number of carbonyl (C=O) groups excluding carboxylic acids is 1. The number of esters is 1. The van der Waals surface area contributed by atoms with Crippen molar-refractivity contribution in [3.05, 3.63) is 95.6 Å². The van der Waals surface area contributed by atoms with Gasteiger partial charge in [0.15, 0.2) is 0 Å². The van der Waals surface area contributed by atoms with Crippen molar-refractivity contribution < 1.29 is 34.2 Å². The zero-order chi connectivity index (χ0) is 19.4. The van der Waals surface area contributed by atoms with Crippen molar-refractivity contribution in [1.29, 1.82) is 0 Å². The second-order valence-corrected chi connectivity index (χ2v) is 5.21. The number of aromatic hydroxyl groups is 1. The van der Waals surface area contributed by atoms with Crippen LogP contribution >= 0.6 is 0 Å². The zero-order valence-electron chi connectivity index (χ0n) is 14.4. The first kappa shape index (κ1) is 21.3. The molecule has 0 radical (unpaired) electrons. The van der Waals surface area contributed by atoms with Crippen LogP contribution in [-0.4, -0.2) is 11.1 Å². The normalized spacial score (nSPS) is 9.04. The number of phenolic OH excluding ortho intramolecular Hbond substituents is 1. The molecule has 0 amide bonds. The van der Waals surface area contributed by atoms with Crippen LogP contribution in [0.15, 0.2) is 66.7 Å². The van der Waals surface area contributed by atoms with E-state index in [2.05, 4.69) is 27.8 Å². The summed E-state index contributed by atoms with van der Waals surface area (Å²) in [7, 11) is 0. The molecule has 137 valence electrons. The fourth-order valence-corrected chi connectivity index (χ4v) is 1.84. The Balaban J connectivity index is 0.000000313. The number of carbonyl (C=O) groups is 1. The van der Waals surface area contributed by atoms with Gasteiger partial charge in [-0.25, -0.2) is 4.79 Å². The topological polar surface area (TPSA) is 63.6 Å². The molecule has 1 N–H and O–H groups in total. The number of ether oxygens (including phenoxy) is 1. The van der Waals surface area contributed by atoms with Crippen LogP contribution in [0.3, 0.4) is 0 Å². The van der Waals surface area contributed by atoms with Crippen molar-refractivity contribution >= 4 is 5.97 Å². The van der Waals surface area contributed by atoms with E-state index in [0.29, 0.717) is 17.1 Å². The van der Waals surface area contributed by atoms with Gasteiger partial charge in [-0.3, -0.25) is 0 Å². The molecule has 0 aliphatic heterocycles. The monoisotopic (exact) mass is 393 g/mol. The van der Waals surface area contributed by atoms with Crippen LogP contribution in [0.25, 0.3) is 0 Å². The predicted octanol–water partition coefficient (Wildman–Crippen LogP) is 4.39. The third kappa shape index (κ3) is 7.42. The molecular weight excluding hydrogens is 375 g/mol. The standard InChI is InChI=1S/C15H13O2.C6H5O.Co.O/c1-11-7-9-13(10-8-11)15(16)17-14-6-4-3-5-12(14)2;7-6-4-2-1-3-5-6;;/h4-10H,1-2H3;2-5,7H;;/q2*-1;;. The van der Waals surface area contributed by atoms with Crippen LogP contribution in [0.5, 0.6) is 11.5 Å². The van der Waals surface area contributed by atoms with E-state index in [0.717, 1.165) is 11.1 Å². The number of aryl methyl sites for hydroxylation is 2. The van der Waals surface area contributed by atoms with Crippen LogP contribution in [0.4, 0.5) is 0 Å². The molecule has 4 nitrogen and oxygen atoms in total. The number of benzene rings is 3. The third-order valence-corrected chi connectivity index (χ3v) is 3.21. The summed E-state index contributed by atoms with van der Waals surface area (Å²) in [5.74, 6) is 0.535.